The zero-order valence-electron chi connectivity index (χ0n) is 24.0. The number of nitrogens with two attached hydrogens (primary N) is 5. The average molecular weight is 599 g/mol. The van der Waals surface area contributed by atoms with Crippen molar-refractivity contribution in [2.75, 3.05) is 13.1 Å². The van der Waals surface area contributed by atoms with Gasteiger partial charge in [0.25, 0.3) is 11.8 Å². The Labute approximate surface area is 249 Å². The second kappa shape index (κ2) is 17.9. The van der Waals surface area contributed by atoms with Crippen molar-refractivity contribution in [2.45, 2.75) is 63.1 Å². The van der Waals surface area contributed by atoms with Crippen molar-refractivity contribution in [3.8, 4) is 0 Å². The summed E-state index contributed by atoms with van der Waals surface area (Å²) in [6, 6.07) is 8.59. The number of carbonyl (C=O) groups is 5. The molecule has 2 aromatic rings. The maximum Gasteiger partial charge on any atom is 0.296 e. The fourth-order valence-electron chi connectivity index (χ4n) is 4.21. The maximum absolute atomic E-state index is 13.5. The van der Waals surface area contributed by atoms with Crippen molar-refractivity contribution in [3.63, 3.8) is 0 Å². The van der Waals surface area contributed by atoms with Crippen molar-refractivity contribution in [2.24, 2.45) is 33.7 Å². The maximum atomic E-state index is 13.5. The Morgan fingerprint density at radius 3 is 1.84 bits per heavy atom. The number of H-pyrrole nitrogens is 1. The van der Waals surface area contributed by atoms with Crippen molar-refractivity contribution >= 4 is 35.5 Å². The molecule has 0 saturated heterocycles. The van der Waals surface area contributed by atoms with Gasteiger partial charge in [-0.3, -0.25) is 24.0 Å². The van der Waals surface area contributed by atoms with Gasteiger partial charge in [-0.25, -0.2) is 0 Å². The Bertz CT molecular complexity index is 1260. The van der Waals surface area contributed by atoms with E-state index in [4.69, 9.17) is 28.7 Å². The van der Waals surface area contributed by atoms with E-state index in [0.717, 1.165) is 5.56 Å². The highest BCUT2D eigenvalue weighted by Crippen LogP contribution is 2.10. The van der Waals surface area contributed by atoms with Crippen molar-refractivity contribution in [3.05, 3.63) is 59.4 Å². The lowest BCUT2D eigenvalue weighted by Crippen LogP contribution is -2.57. The topological polar surface area (TPSA) is 280 Å². The molecule has 0 aliphatic carbocycles. The first-order valence-electron chi connectivity index (χ1n) is 14.0. The van der Waals surface area contributed by atoms with Crippen molar-refractivity contribution in [1.82, 2.24) is 20.9 Å². The van der Waals surface area contributed by atoms with Gasteiger partial charge in [0.15, 0.2) is 5.96 Å². The van der Waals surface area contributed by atoms with E-state index in [1.807, 2.05) is 6.07 Å². The Hall–Kier alpha value is -4.76. The van der Waals surface area contributed by atoms with Crippen LogP contribution in [0.1, 0.15) is 65.1 Å². The molecule has 0 aliphatic heterocycles. The molecule has 0 unspecified atom stereocenters. The minimum absolute atomic E-state index is 0.00822. The zero-order valence-corrected chi connectivity index (χ0v) is 24.0. The summed E-state index contributed by atoms with van der Waals surface area (Å²) in [6.07, 6.45) is 2.96. The van der Waals surface area contributed by atoms with Gasteiger partial charge < -0.3 is 49.6 Å². The number of primary amides is 1. The first kappa shape index (κ1) is 34.4. The number of aromatic nitrogens is 1. The first-order chi connectivity index (χ1) is 20.5. The summed E-state index contributed by atoms with van der Waals surface area (Å²) in [5.41, 5.74) is 27.9. The average Bonchev–Trinajstić information content (AvgIpc) is 3.47. The molecule has 234 valence electrons. The highest BCUT2D eigenvalue weighted by atomic mass is 16.2. The third-order valence-corrected chi connectivity index (χ3v) is 6.48. The lowest BCUT2D eigenvalue weighted by Gasteiger charge is -2.25. The quantitative estimate of drug-likeness (QED) is 0.0546. The molecule has 5 amide bonds. The molecule has 1 aromatic carbocycles. The molecule has 1 heterocycles. The van der Waals surface area contributed by atoms with E-state index in [1.165, 1.54) is 12.1 Å². The molecule has 15 nitrogen and oxygen atoms in total. The molecular formula is C28H42N10O5. The molecule has 43 heavy (non-hydrogen) atoms. The lowest BCUT2D eigenvalue weighted by molar-refractivity contribution is -0.132. The number of rotatable bonds is 18. The predicted octanol–water partition coefficient (Wildman–Crippen LogP) is -1.52. The number of aliphatic imine (C=N–C) groups is 1. The zero-order chi connectivity index (χ0) is 31.8. The molecule has 0 saturated carbocycles. The Balaban J connectivity index is 2.25. The molecular weight excluding hydrogens is 556 g/mol. The van der Waals surface area contributed by atoms with Gasteiger partial charge in [0.2, 0.25) is 17.7 Å². The second-order valence-electron chi connectivity index (χ2n) is 9.94. The minimum Gasteiger partial charge on any atom is -0.370 e. The molecule has 0 radical (unpaired) electrons. The summed E-state index contributed by atoms with van der Waals surface area (Å²) in [5, 5.41) is 8.02. The van der Waals surface area contributed by atoms with Crippen LogP contribution < -0.4 is 44.6 Å². The van der Waals surface area contributed by atoms with Gasteiger partial charge in [0.1, 0.15) is 29.5 Å². The molecule has 15 heteroatoms. The fourth-order valence-corrected chi connectivity index (χ4v) is 4.21. The molecule has 1 aromatic heterocycles. The number of nitrogens with one attached hydrogen (secondary N) is 4. The summed E-state index contributed by atoms with van der Waals surface area (Å²) >= 11 is 0. The number of aromatic amines is 1. The van der Waals surface area contributed by atoms with Gasteiger partial charge in [0.05, 0.1) is 0 Å². The van der Waals surface area contributed by atoms with Gasteiger partial charge in [-0.1, -0.05) is 30.3 Å². The predicted molar refractivity (Wildman–Crippen MR) is 161 cm³/mol. The highest BCUT2D eigenvalue weighted by molar-refractivity contribution is 6.03. The van der Waals surface area contributed by atoms with E-state index >= 15 is 0 Å². The smallest absolute Gasteiger partial charge is 0.296 e. The standard InChI is InChI=1S/C28H42N10O5/c29-14-6-4-10-18(23(31)39)35-27(43)22(16-17-8-2-1-3-9-17)37-24(40)19(11-5-7-15-30)36-25(41)20-12-13-21(34-20)26(42)38-28(32)33/h1-3,8-9,12-13,18-19,22,34H,4-7,10-11,14-16,29-30H2,(H2,31,39)(H,35,43)(H,36,41)(H,37,40)(H4,32,33,38,42)/t18-,19-,22-/m0/s1. The largest absolute Gasteiger partial charge is 0.370 e. The van der Waals surface area contributed by atoms with Crippen LogP contribution >= 0.6 is 0 Å². The normalized spacial score (nSPS) is 12.8. The van der Waals surface area contributed by atoms with E-state index in [9.17, 15) is 24.0 Å². The van der Waals surface area contributed by atoms with Gasteiger partial charge in [-0.15, -0.1) is 0 Å². The number of guanidine groups is 1. The third kappa shape index (κ3) is 11.9. The monoisotopic (exact) mass is 598 g/mol. The SMILES string of the molecule is NCCCC[C@H](NC(=O)[C@H](Cc1ccccc1)NC(=O)[C@H](CCCCN)NC(=O)c1ccc(C(=O)N=C(N)N)[nH]1)C(N)=O. The number of unbranched alkanes of at least 4 members (excludes halogenated alkanes) is 2. The summed E-state index contributed by atoms with van der Waals surface area (Å²) in [6.45, 7) is 0.812. The molecule has 0 fully saturated rings. The number of amides is 5. The van der Waals surface area contributed by atoms with E-state index in [0.29, 0.717) is 45.2 Å². The third-order valence-electron chi connectivity index (χ3n) is 6.48. The fraction of sp³-hybridized carbons (Fsp3) is 0.429. The van der Waals surface area contributed by atoms with E-state index in [2.05, 4.69) is 25.9 Å². The number of hydrogen-bond acceptors (Lipinski definition) is 7. The highest BCUT2D eigenvalue weighted by Gasteiger charge is 2.29. The van der Waals surface area contributed by atoms with Crippen LogP contribution in [-0.4, -0.2) is 71.7 Å². The Morgan fingerprint density at radius 2 is 1.26 bits per heavy atom. The van der Waals surface area contributed by atoms with Crippen LogP contribution in [0.4, 0.5) is 0 Å². The second-order valence-corrected chi connectivity index (χ2v) is 9.94. The summed E-state index contributed by atoms with van der Waals surface area (Å²) in [7, 11) is 0. The van der Waals surface area contributed by atoms with Crippen LogP contribution in [0.15, 0.2) is 47.5 Å². The van der Waals surface area contributed by atoms with Crippen molar-refractivity contribution < 1.29 is 24.0 Å². The van der Waals surface area contributed by atoms with E-state index in [1.54, 1.807) is 24.3 Å². The minimum atomic E-state index is -1.09. The summed E-state index contributed by atoms with van der Waals surface area (Å²) < 4.78 is 0. The molecule has 2 rings (SSSR count). The van der Waals surface area contributed by atoms with Crippen LogP contribution in [0.25, 0.3) is 0 Å². The Morgan fingerprint density at radius 1 is 0.698 bits per heavy atom. The Kier molecular flexibility index (Phi) is 14.4. The van der Waals surface area contributed by atoms with Crippen molar-refractivity contribution in [1.29, 1.82) is 0 Å². The van der Waals surface area contributed by atoms with Crippen LogP contribution in [0.3, 0.4) is 0 Å². The molecule has 14 N–H and O–H groups in total. The number of nitrogens with zero attached hydrogens (tertiary/aromatic N) is 1. The van der Waals surface area contributed by atoms with E-state index < -0.39 is 53.6 Å². The van der Waals surface area contributed by atoms with Crippen LogP contribution in [0.5, 0.6) is 0 Å². The molecule has 0 bridgehead atoms. The number of benzene rings is 1. The summed E-state index contributed by atoms with van der Waals surface area (Å²) in [4.78, 5) is 70.1. The number of carbonyl (C=O) groups excluding carboxylic acids is 5. The van der Waals surface area contributed by atoms with Crippen LogP contribution in [0, 0.1) is 0 Å². The molecule has 3 atom stereocenters. The first-order valence-corrected chi connectivity index (χ1v) is 14.0. The lowest BCUT2D eigenvalue weighted by atomic mass is 10.0. The molecule has 0 aliphatic rings. The van der Waals surface area contributed by atoms with Gasteiger partial charge in [0, 0.05) is 6.42 Å². The number of hydrogen-bond donors (Lipinski definition) is 9. The van der Waals surface area contributed by atoms with Gasteiger partial charge in [-0.05, 0) is 69.3 Å². The van der Waals surface area contributed by atoms with E-state index in [-0.39, 0.29) is 24.2 Å². The van der Waals surface area contributed by atoms with Gasteiger partial charge in [-0.2, -0.15) is 4.99 Å². The van der Waals surface area contributed by atoms with Gasteiger partial charge >= 0.3 is 0 Å². The summed E-state index contributed by atoms with van der Waals surface area (Å²) in [5.74, 6) is -3.81. The van der Waals surface area contributed by atoms with Crippen LogP contribution in [0.2, 0.25) is 0 Å². The molecule has 0 spiro atoms. The van der Waals surface area contributed by atoms with Crippen LogP contribution in [-0.2, 0) is 20.8 Å².